The predicted molar refractivity (Wildman–Crippen MR) is 161 cm³/mol. The Morgan fingerprint density at radius 3 is 2.00 bits per heavy atom. The summed E-state index contributed by atoms with van der Waals surface area (Å²) in [4.78, 5) is 39.9. The highest BCUT2D eigenvalue weighted by Gasteiger charge is 2.46. The summed E-state index contributed by atoms with van der Waals surface area (Å²) in [5.74, 6) is 0.906. The number of ether oxygens (including phenoxy) is 3. The van der Waals surface area contributed by atoms with Crippen molar-refractivity contribution in [3.63, 3.8) is 0 Å². The zero-order valence-corrected chi connectivity index (χ0v) is 25.3. The summed E-state index contributed by atoms with van der Waals surface area (Å²) in [5.41, 5.74) is 4.28. The lowest BCUT2D eigenvalue weighted by molar-refractivity contribution is -0.119. The van der Waals surface area contributed by atoms with Crippen LogP contribution in [0.15, 0.2) is 65.0 Å². The summed E-state index contributed by atoms with van der Waals surface area (Å²) >= 11 is 0. The number of nitrogens with one attached hydrogen (secondary N) is 2. The lowest BCUT2D eigenvalue weighted by Gasteiger charge is -2.44. The van der Waals surface area contributed by atoms with Crippen molar-refractivity contribution in [2.45, 2.75) is 66.2 Å². The number of allylic oxidation sites excluding steroid dienone is 4. The summed E-state index contributed by atoms with van der Waals surface area (Å²) in [7, 11) is 1.58. The van der Waals surface area contributed by atoms with E-state index in [4.69, 9.17) is 14.2 Å². The summed E-state index contributed by atoms with van der Waals surface area (Å²) in [6, 6.07) is 12.5. The third kappa shape index (κ3) is 6.08. The van der Waals surface area contributed by atoms with Crippen molar-refractivity contribution >= 4 is 23.2 Å². The maximum Gasteiger partial charge on any atom is 0.262 e. The van der Waals surface area contributed by atoms with Crippen LogP contribution >= 0.6 is 0 Å². The summed E-state index contributed by atoms with van der Waals surface area (Å²) in [6.45, 7) is 10.5. The molecular formula is C34H40N2O6. The van der Waals surface area contributed by atoms with E-state index in [2.05, 4.69) is 38.3 Å². The van der Waals surface area contributed by atoms with Crippen LogP contribution in [-0.2, 0) is 14.4 Å². The monoisotopic (exact) mass is 572 g/mol. The second-order valence-electron chi connectivity index (χ2n) is 12.9. The van der Waals surface area contributed by atoms with Gasteiger partial charge in [-0.3, -0.25) is 14.4 Å². The van der Waals surface area contributed by atoms with Crippen molar-refractivity contribution in [1.29, 1.82) is 0 Å². The Balaban J connectivity index is 1.45. The number of hydrogen-bond donors (Lipinski definition) is 2. The molecule has 0 unspecified atom stereocenters. The van der Waals surface area contributed by atoms with Crippen molar-refractivity contribution in [3.05, 3.63) is 70.6 Å². The van der Waals surface area contributed by atoms with Gasteiger partial charge in [-0.25, -0.2) is 0 Å². The van der Waals surface area contributed by atoms with E-state index < -0.39 is 5.92 Å². The first-order chi connectivity index (χ1) is 19.9. The average Bonchev–Trinajstić information content (AvgIpc) is 2.90. The predicted octanol–water partition coefficient (Wildman–Crippen LogP) is 6.08. The van der Waals surface area contributed by atoms with E-state index in [1.165, 1.54) is 0 Å². The Kier molecular flexibility index (Phi) is 7.92. The smallest absolute Gasteiger partial charge is 0.262 e. The molecule has 0 bridgehead atoms. The van der Waals surface area contributed by atoms with Crippen LogP contribution in [0.1, 0.15) is 71.8 Å². The van der Waals surface area contributed by atoms with Crippen molar-refractivity contribution in [3.8, 4) is 17.2 Å². The molecule has 1 amide bonds. The van der Waals surface area contributed by atoms with E-state index in [0.29, 0.717) is 53.5 Å². The van der Waals surface area contributed by atoms with Gasteiger partial charge in [-0.15, -0.1) is 0 Å². The first-order valence-electron chi connectivity index (χ1n) is 14.5. The molecule has 2 aliphatic carbocycles. The molecule has 0 spiro atoms. The minimum Gasteiger partial charge on any atom is -0.497 e. The zero-order valence-electron chi connectivity index (χ0n) is 25.3. The van der Waals surface area contributed by atoms with E-state index in [1.807, 2.05) is 19.1 Å². The Bertz CT molecular complexity index is 1430. The highest BCUT2D eigenvalue weighted by Crippen LogP contribution is 2.51. The largest absolute Gasteiger partial charge is 0.497 e. The highest BCUT2D eigenvalue weighted by atomic mass is 16.5. The fourth-order valence-electron chi connectivity index (χ4n) is 6.33. The second-order valence-corrected chi connectivity index (χ2v) is 12.9. The van der Waals surface area contributed by atoms with Crippen LogP contribution in [0.3, 0.4) is 0 Å². The van der Waals surface area contributed by atoms with Gasteiger partial charge in [-0.2, -0.15) is 0 Å². The van der Waals surface area contributed by atoms with E-state index in [0.717, 1.165) is 29.8 Å². The molecule has 0 saturated heterocycles. The summed E-state index contributed by atoms with van der Waals surface area (Å²) in [5, 5.41) is 6.36. The van der Waals surface area contributed by atoms with Gasteiger partial charge < -0.3 is 24.8 Å². The molecule has 8 nitrogen and oxygen atoms in total. The molecule has 0 atom stereocenters. The number of ketones is 2. The number of Topliss-reactive ketones (excluding diaryl/α,β-unsaturated/α-hetero) is 2. The van der Waals surface area contributed by atoms with Gasteiger partial charge >= 0.3 is 0 Å². The van der Waals surface area contributed by atoms with E-state index in [-0.39, 0.29) is 34.9 Å². The first kappa shape index (κ1) is 29.4. The molecule has 1 aliphatic heterocycles. The third-order valence-corrected chi connectivity index (χ3v) is 8.05. The van der Waals surface area contributed by atoms with Crippen molar-refractivity contribution in [2.75, 3.05) is 25.6 Å². The molecule has 0 fully saturated rings. The van der Waals surface area contributed by atoms with Crippen molar-refractivity contribution in [2.24, 2.45) is 10.8 Å². The van der Waals surface area contributed by atoms with Gasteiger partial charge in [0.1, 0.15) is 5.75 Å². The topological polar surface area (TPSA) is 103 Å². The Morgan fingerprint density at radius 2 is 1.45 bits per heavy atom. The van der Waals surface area contributed by atoms with E-state index in [1.54, 1.807) is 37.4 Å². The molecule has 2 aromatic carbocycles. The lowest BCUT2D eigenvalue weighted by atomic mass is 9.64. The fraction of sp³-hybridized carbons (Fsp3) is 0.441. The number of carbonyl (C=O) groups is 3. The molecule has 2 N–H and O–H groups in total. The third-order valence-electron chi connectivity index (χ3n) is 8.05. The molecule has 2 aromatic rings. The average molecular weight is 573 g/mol. The second kappa shape index (κ2) is 11.3. The van der Waals surface area contributed by atoms with Gasteiger partial charge in [0, 0.05) is 47.0 Å². The van der Waals surface area contributed by atoms with E-state index >= 15 is 0 Å². The lowest BCUT2D eigenvalue weighted by Crippen LogP contribution is -2.42. The van der Waals surface area contributed by atoms with Gasteiger partial charge in [0.15, 0.2) is 29.7 Å². The Hall–Kier alpha value is -4.07. The summed E-state index contributed by atoms with van der Waals surface area (Å²) < 4.78 is 17.0. The number of methoxy groups -OCH3 is 1. The number of anilines is 1. The van der Waals surface area contributed by atoms with Crippen molar-refractivity contribution < 1.29 is 28.6 Å². The van der Waals surface area contributed by atoms with Crippen LogP contribution in [0.25, 0.3) is 0 Å². The van der Waals surface area contributed by atoms with Gasteiger partial charge in [0.05, 0.1) is 13.7 Å². The number of hydrogen-bond acceptors (Lipinski definition) is 7. The minimum absolute atomic E-state index is 0.0661. The molecule has 42 heavy (non-hydrogen) atoms. The number of amides is 1. The first-order valence-corrected chi connectivity index (χ1v) is 14.5. The molecule has 3 aliphatic rings. The molecule has 0 radical (unpaired) electrons. The van der Waals surface area contributed by atoms with E-state index in [9.17, 15) is 14.4 Å². The molecule has 8 heteroatoms. The van der Waals surface area contributed by atoms with Crippen molar-refractivity contribution in [1.82, 2.24) is 5.32 Å². The van der Waals surface area contributed by atoms with Gasteiger partial charge in [0.25, 0.3) is 5.91 Å². The van der Waals surface area contributed by atoms with Crippen LogP contribution < -0.4 is 24.8 Å². The van der Waals surface area contributed by atoms with Gasteiger partial charge in [-0.05, 0) is 72.6 Å². The number of rotatable bonds is 8. The molecule has 1 heterocycles. The number of benzene rings is 2. The van der Waals surface area contributed by atoms with Gasteiger partial charge in [-0.1, -0.05) is 33.8 Å². The zero-order chi connectivity index (χ0) is 30.2. The number of dihydropyridines is 1. The number of carbonyl (C=O) groups excluding carboxylic acids is 3. The maximum atomic E-state index is 13.6. The Morgan fingerprint density at radius 1 is 0.857 bits per heavy atom. The summed E-state index contributed by atoms with van der Waals surface area (Å²) in [6.07, 6.45) is 2.32. The minimum atomic E-state index is -0.477. The standard InChI is InChI=1S/C34H40N2O6/c1-7-41-28-14-20(8-13-27(28)42-19-29(39)35-21-9-11-22(40-6)12-10-21)30-31-23(15-33(2,3)17-25(31)37)36-24-16-34(4,5)18-26(38)32(24)30/h8-14,30,36H,7,15-19H2,1-6H3,(H,35,39). The van der Waals surface area contributed by atoms with Crippen LogP contribution in [0.4, 0.5) is 5.69 Å². The molecule has 0 aromatic heterocycles. The van der Waals surface area contributed by atoms with Gasteiger partial charge in [0.2, 0.25) is 0 Å². The quantitative estimate of drug-likeness (QED) is 0.395. The molecular weight excluding hydrogens is 532 g/mol. The maximum absolute atomic E-state index is 13.6. The van der Waals surface area contributed by atoms with Crippen LogP contribution in [0.2, 0.25) is 0 Å². The van der Waals surface area contributed by atoms with Crippen LogP contribution in [-0.4, -0.2) is 37.8 Å². The van der Waals surface area contributed by atoms with Crippen LogP contribution in [0.5, 0.6) is 17.2 Å². The fourth-order valence-corrected chi connectivity index (χ4v) is 6.33. The molecule has 0 saturated carbocycles. The highest BCUT2D eigenvalue weighted by molar-refractivity contribution is 6.06. The SMILES string of the molecule is CCOc1cc(C2C3=C(CC(C)(C)CC3=O)NC3=C2C(=O)CC(C)(C)C3)ccc1OCC(=O)Nc1ccc(OC)cc1. The molecule has 222 valence electrons. The Labute approximate surface area is 247 Å². The normalized spacial score (nSPS) is 19.5. The molecule has 5 rings (SSSR count). The van der Waals surface area contributed by atoms with Crippen LogP contribution in [0, 0.1) is 10.8 Å².